The Morgan fingerprint density at radius 1 is 1.20 bits per heavy atom. The summed E-state index contributed by atoms with van der Waals surface area (Å²) < 4.78 is 34.7. The average Bonchev–Trinajstić information content (AvgIpc) is 2.84. The predicted octanol–water partition coefficient (Wildman–Crippen LogP) is 1.71. The highest BCUT2D eigenvalue weighted by Gasteiger charge is 2.35. The van der Waals surface area contributed by atoms with E-state index in [-0.39, 0.29) is 5.54 Å². The van der Waals surface area contributed by atoms with Crippen molar-refractivity contribution in [2.75, 3.05) is 27.0 Å². The van der Waals surface area contributed by atoms with Crippen LogP contribution < -0.4 is 14.8 Å². The fourth-order valence-electron chi connectivity index (χ4n) is 2.72. The third kappa shape index (κ3) is 2.62. The van der Waals surface area contributed by atoms with Crippen LogP contribution in [0.1, 0.15) is 25.3 Å². The summed E-state index contributed by atoms with van der Waals surface area (Å²) >= 11 is 0. The van der Waals surface area contributed by atoms with Crippen molar-refractivity contribution < 1.29 is 17.9 Å². The van der Waals surface area contributed by atoms with Crippen molar-refractivity contribution in [3.63, 3.8) is 0 Å². The van der Waals surface area contributed by atoms with Gasteiger partial charge in [-0.3, -0.25) is 0 Å². The van der Waals surface area contributed by atoms with Crippen LogP contribution in [0.5, 0.6) is 11.5 Å². The lowest BCUT2D eigenvalue weighted by Gasteiger charge is -2.28. The maximum Gasteiger partial charge on any atom is 0.176 e. The Morgan fingerprint density at radius 3 is 2.25 bits per heavy atom. The first kappa shape index (κ1) is 15.1. The summed E-state index contributed by atoms with van der Waals surface area (Å²) in [5.41, 5.74) is 0.396. The first-order valence-corrected chi connectivity index (χ1v) is 8.42. The zero-order chi connectivity index (χ0) is 15.0. The van der Waals surface area contributed by atoms with Gasteiger partial charge in [0.25, 0.3) is 0 Å². The molecule has 112 valence electrons. The molecule has 1 aliphatic heterocycles. The summed E-state index contributed by atoms with van der Waals surface area (Å²) in [5.74, 6) is 0.975. The fraction of sp³-hybridized carbons (Fsp3) is 0.571. The molecule has 0 aromatic heterocycles. The summed E-state index contributed by atoms with van der Waals surface area (Å²) in [4.78, 5) is 0.298. The van der Waals surface area contributed by atoms with Crippen LogP contribution in [0, 0.1) is 0 Å². The zero-order valence-corrected chi connectivity index (χ0v) is 13.1. The highest BCUT2D eigenvalue weighted by Crippen LogP contribution is 2.40. The molecule has 0 amide bonds. The molecular formula is C14H21NO4S. The molecule has 1 fully saturated rings. The minimum absolute atomic E-state index is 0.298. The number of hydrogen-bond acceptors (Lipinski definition) is 5. The first-order chi connectivity index (χ1) is 9.31. The lowest BCUT2D eigenvalue weighted by atomic mass is 9.90. The van der Waals surface area contributed by atoms with Gasteiger partial charge in [-0.25, -0.2) is 8.42 Å². The van der Waals surface area contributed by atoms with Gasteiger partial charge in [0.15, 0.2) is 21.3 Å². The number of sulfone groups is 1. The van der Waals surface area contributed by atoms with E-state index in [1.54, 1.807) is 19.2 Å². The van der Waals surface area contributed by atoms with Gasteiger partial charge in [-0.1, -0.05) is 0 Å². The van der Waals surface area contributed by atoms with Crippen molar-refractivity contribution in [3.8, 4) is 11.5 Å². The van der Waals surface area contributed by atoms with Gasteiger partial charge in [-0.2, -0.15) is 0 Å². The van der Waals surface area contributed by atoms with Crippen LogP contribution in [0.4, 0.5) is 0 Å². The molecule has 1 aromatic carbocycles. The Bertz CT molecular complexity index is 604. The van der Waals surface area contributed by atoms with E-state index in [2.05, 4.69) is 5.32 Å². The molecule has 1 N–H and O–H groups in total. The van der Waals surface area contributed by atoms with E-state index in [0.29, 0.717) is 16.4 Å². The number of nitrogens with one attached hydrogen (secondary N) is 1. The number of methoxy groups -OCH3 is 2. The van der Waals surface area contributed by atoms with Gasteiger partial charge >= 0.3 is 0 Å². The summed E-state index contributed by atoms with van der Waals surface area (Å²) in [5, 5.41) is 3.39. The largest absolute Gasteiger partial charge is 0.493 e. The SMILES string of the molecule is COc1cc(C2(C)CCCN2)c(S(C)(=O)=O)cc1OC. The average molecular weight is 299 g/mol. The second-order valence-electron chi connectivity index (χ2n) is 5.34. The van der Waals surface area contributed by atoms with E-state index in [1.807, 2.05) is 6.92 Å². The molecule has 1 unspecified atom stereocenters. The first-order valence-electron chi connectivity index (χ1n) is 6.53. The second-order valence-corrected chi connectivity index (χ2v) is 7.32. The van der Waals surface area contributed by atoms with Crippen molar-refractivity contribution in [1.29, 1.82) is 0 Å². The van der Waals surface area contributed by atoms with Gasteiger partial charge in [-0.15, -0.1) is 0 Å². The number of benzene rings is 1. The van der Waals surface area contributed by atoms with Crippen molar-refractivity contribution in [2.24, 2.45) is 0 Å². The normalized spacial score (nSPS) is 22.8. The van der Waals surface area contributed by atoms with Gasteiger partial charge in [0, 0.05) is 17.9 Å². The molecule has 0 radical (unpaired) electrons. The smallest absolute Gasteiger partial charge is 0.176 e. The van der Waals surface area contributed by atoms with Crippen LogP contribution >= 0.6 is 0 Å². The van der Waals surface area contributed by atoms with Crippen LogP contribution in [0.15, 0.2) is 17.0 Å². The third-order valence-corrected chi connectivity index (χ3v) is 4.99. The molecule has 0 spiro atoms. The molecule has 20 heavy (non-hydrogen) atoms. The predicted molar refractivity (Wildman–Crippen MR) is 77.2 cm³/mol. The van der Waals surface area contributed by atoms with E-state index in [1.165, 1.54) is 13.4 Å². The molecule has 1 heterocycles. The van der Waals surface area contributed by atoms with Crippen LogP contribution in [0.25, 0.3) is 0 Å². The lowest BCUT2D eigenvalue weighted by Crippen LogP contribution is -2.34. The minimum atomic E-state index is -3.34. The maximum atomic E-state index is 12.1. The van der Waals surface area contributed by atoms with Crippen molar-refractivity contribution in [1.82, 2.24) is 5.32 Å². The van der Waals surface area contributed by atoms with E-state index in [9.17, 15) is 8.42 Å². The summed E-state index contributed by atoms with van der Waals surface area (Å²) in [6, 6.07) is 3.32. The van der Waals surface area contributed by atoms with E-state index in [4.69, 9.17) is 9.47 Å². The number of hydrogen-bond donors (Lipinski definition) is 1. The van der Waals surface area contributed by atoms with Gasteiger partial charge in [-0.05, 0) is 37.9 Å². The summed E-state index contributed by atoms with van der Waals surface area (Å²) in [7, 11) is -0.295. The summed E-state index contributed by atoms with van der Waals surface area (Å²) in [6.07, 6.45) is 3.13. The molecule has 2 rings (SSSR count). The van der Waals surface area contributed by atoms with Gasteiger partial charge in [0.2, 0.25) is 0 Å². The van der Waals surface area contributed by atoms with Crippen LogP contribution in [-0.4, -0.2) is 35.4 Å². The topological polar surface area (TPSA) is 64.6 Å². The standard InChI is InChI=1S/C14H21NO4S/c1-14(6-5-7-15-14)10-8-11(18-2)12(19-3)9-13(10)20(4,16)17/h8-9,15H,5-7H2,1-4H3. The van der Waals surface area contributed by atoms with Gasteiger partial charge in [0.1, 0.15) is 0 Å². The molecule has 1 aliphatic rings. The molecule has 1 atom stereocenters. The zero-order valence-electron chi connectivity index (χ0n) is 12.3. The van der Waals surface area contributed by atoms with Crippen molar-refractivity contribution in [2.45, 2.75) is 30.2 Å². The van der Waals surface area contributed by atoms with Crippen LogP contribution in [0.3, 0.4) is 0 Å². The molecule has 1 aromatic rings. The quantitative estimate of drug-likeness (QED) is 0.917. The van der Waals surface area contributed by atoms with E-state index < -0.39 is 9.84 Å². The number of rotatable bonds is 4. The van der Waals surface area contributed by atoms with Gasteiger partial charge < -0.3 is 14.8 Å². The molecule has 5 nitrogen and oxygen atoms in total. The van der Waals surface area contributed by atoms with E-state index >= 15 is 0 Å². The highest BCUT2D eigenvalue weighted by atomic mass is 32.2. The Hall–Kier alpha value is -1.27. The van der Waals surface area contributed by atoms with Crippen LogP contribution in [0.2, 0.25) is 0 Å². The molecule has 0 saturated carbocycles. The number of ether oxygens (including phenoxy) is 2. The highest BCUT2D eigenvalue weighted by molar-refractivity contribution is 7.90. The van der Waals surface area contributed by atoms with Crippen LogP contribution in [-0.2, 0) is 15.4 Å². The molecule has 1 saturated heterocycles. The summed E-state index contributed by atoms with van der Waals surface area (Å²) in [6.45, 7) is 2.91. The van der Waals surface area contributed by atoms with Crippen molar-refractivity contribution in [3.05, 3.63) is 17.7 Å². The Balaban J connectivity index is 2.70. The Morgan fingerprint density at radius 2 is 1.80 bits per heavy atom. The minimum Gasteiger partial charge on any atom is -0.493 e. The van der Waals surface area contributed by atoms with Crippen molar-refractivity contribution >= 4 is 9.84 Å². The Kier molecular flexibility index (Phi) is 3.97. The monoisotopic (exact) mass is 299 g/mol. The molecule has 0 bridgehead atoms. The van der Waals surface area contributed by atoms with Gasteiger partial charge in [0.05, 0.1) is 19.1 Å². The van der Waals surface area contributed by atoms with E-state index in [0.717, 1.165) is 24.9 Å². The molecule has 6 heteroatoms. The Labute approximate surface area is 120 Å². The lowest BCUT2D eigenvalue weighted by molar-refractivity contribution is 0.348. The fourth-order valence-corrected chi connectivity index (χ4v) is 3.73. The maximum absolute atomic E-state index is 12.1. The molecule has 0 aliphatic carbocycles. The second kappa shape index (κ2) is 5.26. The molecular weight excluding hydrogens is 278 g/mol. The third-order valence-electron chi connectivity index (χ3n) is 3.85.